The maximum Gasteiger partial charge on any atom is 0.257 e. The van der Waals surface area contributed by atoms with Crippen molar-refractivity contribution in [1.82, 2.24) is 14.8 Å². The first-order chi connectivity index (χ1) is 10.1. The van der Waals surface area contributed by atoms with E-state index in [4.69, 9.17) is 0 Å². The van der Waals surface area contributed by atoms with Gasteiger partial charge in [0.2, 0.25) is 0 Å². The summed E-state index contributed by atoms with van der Waals surface area (Å²) in [5, 5.41) is 3.32. The van der Waals surface area contributed by atoms with E-state index in [1.165, 1.54) is 0 Å². The zero-order chi connectivity index (χ0) is 15.2. The van der Waals surface area contributed by atoms with Crippen LogP contribution in [0.25, 0.3) is 0 Å². The number of nitrogens with one attached hydrogen (secondary N) is 1. The minimum atomic E-state index is 0.0875. The van der Waals surface area contributed by atoms with E-state index in [2.05, 4.69) is 36.1 Å². The van der Waals surface area contributed by atoms with Crippen LogP contribution in [0, 0.1) is 0 Å². The Hall–Kier alpha value is -1.62. The summed E-state index contributed by atoms with van der Waals surface area (Å²) in [6, 6.07) is 2.11. The third-order valence-corrected chi connectivity index (χ3v) is 3.92. The molecule has 0 aromatic carbocycles. The van der Waals surface area contributed by atoms with Gasteiger partial charge in [0, 0.05) is 38.1 Å². The average Bonchev–Trinajstić information content (AvgIpc) is 2.65. The van der Waals surface area contributed by atoms with Crippen LogP contribution in [-0.4, -0.2) is 60.0 Å². The average molecular weight is 290 g/mol. The van der Waals surface area contributed by atoms with Gasteiger partial charge in [-0.1, -0.05) is 6.92 Å². The van der Waals surface area contributed by atoms with Gasteiger partial charge < -0.3 is 15.1 Å². The Morgan fingerprint density at radius 2 is 2.29 bits per heavy atom. The summed E-state index contributed by atoms with van der Waals surface area (Å²) in [7, 11) is 2.11. The van der Waals surface area contributed by atoms with Crippen molar-refractivity contribution in [1.29, 1.82) is 0 Å². The van der Waals surface area contributed by atoms with E-state index in [9.17, 15) is 4.79 Å². The van der Waals surface area contributed by atoms with Gasteiger partial charge in [0.25, 0.3) is 5.91 Å². The van der Waals surface area contributed by atoms with Crippen molar-refractivity contribution in [3.05, 3.63) is 24.0 Å². The second-order valence-electron chi connectivity index (χ2n) is 5.81. The topological polar surface area (TPSA) is 48.5 Å². The Morgan fingerprint density at radius 1 is 1.48 bits per heavy atom. The van der Waals surface area contributed by atoms with Crippen LogP contribution in [0.15, 0.2) is 18.5 Å². The molecule has 2 rings (SSSR count). The van der Waals surface area contributed by atoms with Crippen LogP contribution in [0.4, 0.5) is 5.69 Å². The van der Waals surface area contributed by atoms with Crippen molar-refractivity contribution < 1.29 is 4.79 Å². The van der Waals surface area contributed by atoms with Crippen molar-refractivity contribution in [3.63, 3.8) is 0 Å². The van der Waals surface area contributed by atoms with Crippen LogP contribution in [0.5, 0.6) is 0 Å². The van der Waals surface area contributed by atoms with Gasteiger partial charge in [-0.05, 0) is 39.4 Å². The zero-order valence-corrected chi connectivity index (χ0v) is 13.3. The predicted octanol–water partition coefficient (Wildman–Crippen LogP) is 2.07. The smallest absolute Gasteiger partial charge is 0.257 e. The van der Waals surface area contributed by atoms with Gasteiger partial charge in [0.15, 0.2) is 0 Å². The highest BCUT2D eigenvalue weighted by Crippen LogP contribution is 2.19. The first kappa shape index (κ1) is 15.8. The molecule has 5 nitrogen and oxygen atoms in total. The van der Waals surface area contributed by atoms with E-state index >= 15 is 0 Å². The molecule has 1 amide bonds. The second kappa shape index (κ2) is 7.41. The van der Waals surface area contributed by atoms with E-state index in [0.29, 0.717) is 5.56 Å². The van der Waals surface area contributed by atoms with Crippen LogP contribution in [0.1, 0.15) is 37.0 Å². The number of pyridine rings is 1. The summed E-state index contributed by atoms with van der Waals surface area (Å²) in [6.45, 7) is 7.87. The lowest BCUT2D eigenvalue weighted by Gasteiger charge is -2.28. The van der Waals surface area contributed by atoms with Gasteiger partial charge in [-0.3, -0.25) is 9.78 Å². The molecule has 1 aliphatic rings. The summed E-state index contributed by atoms with van der Waals surface area (Å²) >= 11 is 0. The molecule has 1 atom stereocenters. The number of likely N-dealkylation sites (N-methyl/N-ethyl adjacent to an activating group) is 1. The van der Waals surface area contributed by atoms with Crippen LogP contribution in [0.3, 0.4) is 0 Å². The normalized spacial score (nSPS) is 20.1. The van der Waals surface area contributed by atoms with E-state index in [0.717, 1.165) is 44.7 Å². The highest BCUT2D eigenvalue weighted by Gasteiger charge is 2.26. The highest BCUT2D eigenvalue weighted by atomic mass is 16.2. The highest BCUT2D eigenvalue weighted by molar-refractivity contribution is 5.99. The Labute approximate surface area is 127 Å². The van der Waals surface area contributed by atoms with E-state index in [1.54, 1.807) is 12.4 Å². The SMILES string of the molecule is CCCNc1ccncc1C(=O)N1CCCN(C)CC1C. The van der Waals surface area contributed by atoms with Crippen molar-refractivity contribution >= 4 is 11.6 Å². The van der Waals surface area contributed by atoms with Crippen LogP contribution < -0.4 is 5.32 Å². The molecule has 1 aromatic heterocycles. The Bertz CT molecular complexity index is 477. The summed E-state index contributed by atoms with van der Waals surface area (Å²) in [6.07, 6.45) is 5.46. The summed E-state index contributed by atoms with van der Waals surface area (Å²) in [5.74, 6) is 0.0875. The molecule has 1 fully saturated rings. The minimum Gasteiger partial charge on any atom is -0.384 e. The van der Waals surface area contributed by atoms with E-state index < -0.39 is 0 Å². The number of anilines is 1. The Balaban J connectivity index is 2.18. The molecule has 1 aliphatic heterocycles. The molecular formula is C16H26N4O. The quantitative estimate of drug-likeness (QED) is 0.922. The lowest BCUT2D eigenvalue weighted by Crippen LogP contribution is -2.42. The molecule has 1 unspecified atom stereocenters. The van der Waals surface area contributed by atoms with Crippen molar-refractivity contribution in [2.45, 2.75) is 32.7 Å². The Kier molecular flexibility index (Phi) is 5.56. The molecule has 1 saturated heterocycles. The molecule has 5 heteroatoms. The molecular weight excluding hydrogens is 264 g/mol. The summed E-state index contributed by atoms with van der Waals surface area (Å²) in [4.78, 5) is 21.3. The molecule has 0 saturated carbocycles. The van der Waals surface area contributed by atoms with Gasteiger partial charge >= 0.3 is 0 Å². The predicted molar refractivity (Wildman–Crippen MR) is 85.6 cm³/mol. The molecule has 1 aromatic rings. The third kappa shape index (κ3) is 3.94. The molecule has 21 heavy (non-hydrogen) atoms. The number of nitrogens with zero attached hydrogens (tertiary/aromatic N) is 3. The fourth-order valence-electron chi connectivity index (χ4n) is 2.81. The van der Waals surface area contributed by atoms with Gasteiger partial charge in [0.05, 0.1) is 11.3 Å². The van der Waals surface area contributed by atoms with E-state index in [-0.39, 0.29) is 11.9 Å². The monoisotopic (exact) mass is 290 g/mol. The lowest BCUT2D eigenvalue weighted by atomic mass is 10.1. The molecule has 0 spiro atoms. The molecule has 2 heterocycles. The van der Waals surface area contributed by atoms with Crippen LogP contribution >= 0.6 is 0 Å². The number of hydrogen-bond donors (Lipinski definition) is 1. The number of carbonyl (C=O) groups is 1. The van der Waals surface area contributed by atoms with Gasteiger partial charge in [0.1, 0.15) is 0 Å². The number of carbonyl (C=O) groups excluding carboxylic acids is 1. The minimum absolute atomic E-state index is 0.0875. The first-order valence-corrected chi connectivity index (χ1v) is 7.81. The standard InChI is InChI=1S/C16H26N4O/c1-4-7-18-15-6-8-17-11-14(15)16(21)20-10-5-9-19(3)12-13(20)2/h6,8,11,13H,4-5,7,9-10,12H2,1-3H3,(H,17,18). The molecule has 116 valence electrons. The molecule has 1 N–H and O–H groups in total. The fraction of sp³-hybridized carbons (Fsp3) is 0.625. The fourth-order valence-corrected chi connectivity index (χ4v) is 2.81. The number of hydrogen-bond acceptors (Lipinski definition) is 4. The third-order valence-electron chi connectivity index (χ3n) is 3.92. The van der Waals surface area contributed by atoms with Crippen molar-refractivity contribution in [3.8, 4) is 0 Å². The number of rotatable bonds is 4. The summed E-state index contributed by atoms with van der Waals surface area (Å²) in [5.41, 5.74) is 1.57. The molecule has 0 bridgehead atoms. The van der Waals surface area contributed by atoms with Gasteiger partial charge in [-0.15, -0.1) is 0 Å². The maximum absolute atomic E-state index is 12.9. The number of aromatic nitrogens is 1. The molecule has 0 aliphatic carbocycles. The Morgan fingerprint density at radius 3 is 3.05 bits per heavy atom. The summed E-state index contributed by atoms with van der Waals surface area (Å²) < 4.78 is 0. The zero-order valence-electron chi connectivity index (χ0n) is 13.3. The van der Waals surface area contributed by atoms with Crippen LogP contribution in [-0.2, 0) is 0 Å². The van der Waals surface area contributed by atoms with Gasteiger partial charge in [-0.2, -0.15) is 0 Å². The maximum atomic E-state index is 12.9. The second-order valence-corrected chi connectivity index (χ2v) is 5.81. The largest absolute Gasteiger partial charge is 0.384 e. The van der Waals surface area contributed by atoms with Crippen molar-refractivity contribution in [2.24, 2.45) is 0 Å². The lowest BCUT2D eigenvalue weighted by molar-refractivity contribution is 0.0697. The van der Waals surface area contributed by atoms with Crippen LogP contribution in [0.2, 0.25) is 0 Å². The van der Waals surface area contributed by atoms with Crippen molar-refractivity contribution in [2.75, 3.05) is 38.5 Å². The molecule has 0 radical (unpaired) electrons. The van der Waals surface area contributed by atoms with Gasteiger partial charge in [-0.25, -0.2) is 0 Å². The van der Waals surface area contributed by atoms with E-state index in [1.807, 2.05) is 11.0 Å². The first-order valence-electron chi connectivity index (χ1n) is 7.81. The number of amides is 1.